The SMILES string of the molecule is CN=C(NCC1(c2ccc(F)cc2)CCOCC1)NCC(C)(C)N1CCCCC1.I. The van der Waals surface area contributed by atoms with E-state index in [-0.39, 0.29) is 40.7 Å². The summed E-state index contributed by atoms with van der Waals surface area (Å²) in [6.45, 7) is 10.0. The fraction of sp³-hybridized carbons (Fsp3) is 0.696. The number of halogens is 2. The van der Waals surface area contributed by atoms with Gasteiger partial charge in [-0.1, -0.05) is 18.6 Å². The Morgan fingerprint density at radius 3 is 2.33 bits per heavy atom. The van der Waals surface area contributed by atoms with Crippen molar-refractivity contribution < 1.29 is 9.13 Å². The number of aliphatic imine (C=N–C) groups is 1. The van der Waals surface area contributed by atoms with E-state index in [2.05, 4.69) is 34.4 Å². The van der Waals surface area contributed by atoms with Crippen LogP contribution in [0.4, 0.5) is 4.39 Å². The maximum Gasteiger partial charge on any atom is 0.191 e. The van der Waals surface area contributed by atoms with E-state index in [0.29, 0.717) is 0 Å². The molecule has 0 unspecified atom stereocenters. The Kier molecular flexibility index (Phi) is 9.81. The third-order valence-electron chi connectivity index (χ3n) is 6.62. The Bertz CT molecular complexity index is 668. The minimum absolute atomic E-state index is 0. The van der Waals surface area contributed by atoms with Gasteiger partial charge in [0.1, 0.15) is 5.82 Å². The number of hydrogen-bond acceptors (Lipinski definition) is 3. The van der Waals surface area contributed by atoms with E-state index in [1.807, 2.05) is 19.2 Å². The summed E-state index contributed by atoms with van der Waals surface area (Å²) in [4.78, 5) is 7.02. The normalized spacial score (nSPS) is 20.3. The van der Waals surface area contributed by atoms with Crippen LogP contribution in [0.15, 0.2) is 29.3 Å². The number of piperidine rings is 1. The largest absolute Gasteiger partial charge is 0.381 e. The molecule has 2 heterocycles. The number of likely N-dealkylation sites (tertiary alicyclic amines) is 1. The van der Waals surface area contributed by atoms with Gasteiger partial charge < -0.3 is 15.4 Å². The average Bonchev–Trinajstić information content (AvgIpc) is 2.75. The van der Waals surface area contributed by atoms with Gasteiger partial charge in [0, 0.05) is 44.3 Å². The minimum Gasteiger partial charge on any atom is -0.381 e. The van der Waals surface area contributed by atoms with Gasteiger partial charge in [0.2, 0.25) is 0 Å². The third kappa shape index (κ3) is 6.53. The zero-order chi connectivity index (χ0) is 20.7. The molecule has 0 saturated carbocycles. The van der Waals surface area contributed by atoms with Crippen LogP contribution in [0.25, 0.3) is 0 Å². The van der Waals surface area contributed by atoms with Gasteiger partial charge in [-0.15, -0.1) is 24.0 Å². The molecule has 2 aliphatic heterocycles. The van der Waals surface area contributed by atoms with Crippen LogP contribution in [-0.2, 0) is 10.2 Å². The monoisotopic (exact) mass is 532 g/mol. The first-order valence-electron chi connectivity index (χ1n) is 11.0. The molecule has 1 aromatic carbocycles. The van der Waals surface area contributed by atoms with E-state index in [1.54, 1.807) is 12.1 Å². The van der Waals surface area contributed by atoms with Crippen LogP contribution in [0.5, 0.6) is 0 Å². The number of hydrogen-bond donors (Lipinski definition) is 2. The number of guanidine groups is 1. The van der Waals surface area contributed by atoms with Gasteiger partial charge in [0.25, 0.3) is 0 Å². The van der Waals surface area contributed by atoms with Crippen molar-refractivity contribution in [2.45, 2.75) is 56.9 Å². The molecule has 30 heavy (non-hydrogen) atoms. The molecular weight excluding hydrogens is 494 g/mol. The highest BCUT2D eigenvalue weighted by Crippen LogP contribution is 2.34. The van der Waals surface area contributed by atoms with Gasteiger partial charge in [-0.25, -0.2) is 4.39 Å². The summed E-state index contributed by atoms with van der Waals surface area (Å²) < 4.78 is 19.0. The predicted molar refractivity (Wildman–Crippen MR) is 132 cm³/mol. The summed E-state index contributed by atoms with van der Waals surface area (Å²) in [5.41, 5.74) is 1.19. The summed E-state index contributed by atoms with van der Waals surface area (Å²) in [6.07, 6.45) is 5.76. The molecule has 3 rings (SSSR count). The fourth-order valence-corrected chi connectivity index (χ4v) is 4.52. The molecule has 0 bridgehead atoms. The van der Waals surface area contributed by atoms with E-state index in [1.165, 1.54) is 37.9 Å². The van der Waals surface area contributed by atoms with Gasteiger partial charge in [0.05, 0.1) is 0 Å². The van der Waals surface area contributed by atoms with E-state index in [9.17, 15) is 4.39 Å². The molecule has 0 spiro atoms. The van der Waals surface area contributed by atoms with E-state index >= 15 is 0 Å². The van der Waals surface area contributed by atoms with Crippen molar-refractivity contribution in [2.75, 3.05) is 46.4 Å². The lowest BCUT2D eigenvalue weighted by Gasteiger charge is -2.41. The van der Waals surface area contributed by atoms with Crippen LogP contribution in [0.3, 0.4) is 0 Å². The highest BCUT2D eigenvalue weighted by Gasteiger charge is 2.35. The first-order chi connectivity index (χ1) is 14.0. The van der Waals surface area contributed by atoms with Gasteiger partial charge >= 0.3 is 0 Å². The third-order valence-corrected chi connectivity index (χ3v) is 6.62. The lowest BCUT2D eigenvalue weighted by molar-refractivity contribution is 0.0513. The Labute approximate surface area is 198 Å². The smallest absolute Gasteiger partial charge is 0.191 e. The number of ether oxygens (including phenoxy) is 1. The molecule has 7 heteroatoms. The second-order valence-corrected chi connectivity index (χ2v) is 9.04. The highest BCUT2D eigenvalue weighted by atomic mass is 127. The molecule has 0 amide bonds. The molecule has 0 atom stereocenters. The molecule has 0 radical (unpaired) electrons. The molecule has 0 aromatic heterocycles. The van der Waals surface area contributed by atoms with E-state index < -0.39 is 0 Å². The molecule has 5 nitrogen and oxygen atoms in total. The Morgan fingerprint density at radius 2 is 1.73 bits per heavy atom. The molecule has 1 aromatic rings. The van der Waals surface area contributed by atoms with Crippen LogP contribution in [0, 0.1) is 5.82 Å². The van der Waals surface area contributed by atoms with Crippen molar-refractivity contribution in [3.63, 3.8) is 0 Å². The van der Waals surface area contributed by atoms with Crippen LogP contribution in [0.1, 0.15) is 51.5 Å². The Hall–Kier alpha value is -0.930. The first kappa shape index (κ1) is 25.3. The molecule has 2 fully saturated rings. The van der Waals surface area contributed by atoms with Crippen molar-refractivity contribution >= 4 is 29.9 Å². The van der Waals surface area contributed by atoms with Gasteiger partial charge in [-0.05, 0) is 70.3 Å². The molecule has 2 saturated heterocycles. The fourth-order valence-electron chi connectivity index (χ4n) is 4.52. The summed E-state index contributed by atoms with van der Waals surface area (Å²) in [5.74, 6) is 0.629. The highest BCUT2D eigenvalue weighted by molar-refractivity contribution is 14.0. The summed E-state index contributed by atoms with van der Waals surface area (Å²) in [5, 5.41) is 7.07. The average molecular weight is 532 g/mol. The van der Waals surface area contributed by atoms with E-state index in [4.69, 9.17) is 4.74 Å². The van der Waals surface area contributed by atoms with Gasteiger partial charge in [-0.2, -0.15) is 0 Å². The molecule has 2 aliphatic rings. The maximum atomic E-state index is 13.4. The van der Waals surface area contributed by atoms with Crippen molar-refractivity contribution in [2.24, 2.45) is 4.99 Å². The summed E-state index contributed by atoms with van der Waals surface area (Å²) >= 11 is 0. The standard InChI is InChI=1S/C23H37FN4O.HI/c1-22(2,28-13-5-4-6-14-28)17-26-21(25-3)27-18-23(11-15-29-16-12-23)19-7-9-20(24)10-8-19;/h7-10H,4-6,11-18H2,1-3H3,(H2,25,26,27);1H. The van der Waals surface area contributed by atoms with Gasteiger partial charge in [-0.3, -0.25) is 9.89 Å². The second-order valence-electron chi connectivity index (χ2n) is 9.04. The summed E-state index contributed by atoms with van der Waals surface area (Å²) in [7, 11) is 1.82. The zero-order valence-electron chi connectivity index (χ0n) is 18.7. The maximum absolute atomic E-state index is 13.4. The zero-order valence-corrected chi connectivity index (χ0v) is 21.0. The van der Waals surface area contributed by atoms with Crippen LogP contribution in [0.2, 0.25) is 0 Å². The lowest BCUT2D eigenvalue weighted by Crippen LogP contribution is -2.56. The predicted octanol–water partition coefficient (Wildman–Crippen LogP) is 3.92. The lowest BCUT2D eigenvalue weighted by atomic mass is 9.74. The molecule has 2 N–H and O–H groups in total. The number of nitrogens with one attached hydrogen (secondary N) is 2. The Balaban J connectivity index is 0.00000320. The quantitative estimate of drug-likeness (QED) is 0.332. The minimum atomic E-state index is -0.193. The second kappa shape index (κ2) is 11.6. The number of benzene rings is 1. The topological polar surface area (TPSA) is 48.9 Å². The Morgan fingerprint density at radius 1 is 1.10 bits per heavy atom. The van der Waals surface area contributed by atoms with Crippen LogP contribution < -0.4 is 10.6 Å². The first-order valence-corrected chi connectivity index (χ1v) is 11.0. The van der Waals surface area contributed by atoms with Crippen molar-refractivity contribution in [1.29, 1.82) is 0 Å². The van der Waals surface area contributed by atoms with Crippen molar-refractivity contribution in [1.82, 2.24) is 15.5 Å². The van der Waals surface area contributed by atoms with Crippen molar-refractivity contribution in [3.05, 3.63) is 35.6 Å². The summed E-state index contributed by atoms with van der Waals surface area (Å²) in [6, 6.07) is 6.94. The van der Waals surface area contributed by atoms with Crippen LogP contribution >= 0.6 is 24.0 Å². The molecular formula is C23H38FIN4O. The number of rotatable bonds is 6. The number of nitrogens with zero attached hydrogens (tertiary/aromatic N) is 2. The molecule has 170 valence electrons. The molecule has 0 aliphatic carbocycles. The van der Waals surface area contributed by atoms with E-state index in [0.717, 1.165) is 45.1 Å². The van der Waals surface area contributed by atoms with Gasteiger partial charge in [0.15, 0.2) is 5.96 Å². The van der Waals surface area contributed by atoms with Crippen molar-refractivity contribution in [3.8, 4) is 0 Å². The van der Waals surface area contributed by atoms with Crippen LogP contribution in [-0.4, -0.2) is 62.8 Å².